The SMILES string of the molecule is CC1(C)CCC[C@@]2(C)C(=O)c3c(O)c(=O)c(C(=O)NCc4ccc(F)cc4F)cn3C[C@@]12O. The lowest BCUT2D eigenvalue weighted by atomic mass is 9.50. The minimum absolute atomic E-state index is 0.0104. The van der Waals surface area contributed by atoms with Crippen molar-refractivity contribution in [1.82, 2.24) is 9.88 Å². The van der Waals surface area contributed by atoms with Crippen LogP contribution < -0.4 is 10.7 Å². The number of hydrogen-bond donors (Lipinski definition) is 3. The number of carbonyl (C=O) groups excluding carboxylic acids is 2. The number of pyridine rings is 1. The first-order chi connectivity index (χ1) is 15.3. The Bertz CT molecular complexity index is 1240. The summed E-state index contributed by atoms with van der Waals surface area (Å²) >= 11 is 0. The van der Waals surface area contributed by atoms with E-state index in [1.807, 2.05) is 13.8 Å². The molecule has 0 radical (unpaired) electrons. The van der Waals surface area contributed by atoms with Crippen molar-refractivity contribution in [2.24, 2.45) is 10.8 Å². The van der Waals surface area contributed by atoms with Crippen molar-refractivity contribution in [1.29, 1.82) is 0 Å². The van der Waals surface area contributed by atoms with Crippen molar-refractivity contribution >= 4 is 11.7 Å². The summed E-state index contributed by atoms with van der Waals surface area (Å²) in [6.45, 7) is 4.99. The summed E-state index contributed by atoms with van der Waals surface area (Å²) in [6, 6.07) is 2.89. The third-order valence-electron chi connectivity index (χ3n) is 7.58. The van der Waals surface area contributed by atoms with Crippen LogP contribution in [-0.4, -0.2) is 32.1 Å². The molecule has 1 aliphatic carbocycles. The van der Waals surface area contributed by atoms with Crippen LogP contribution in [0.5, 0.6) is 5.75 Å². The Labute approximate surface area is 189 Å². The molecule has 176 valence electrons. The molecule has 2 atom stereocenters. The zero-order valence-electron chi connectivity index (χ0n) is 18.7. The molecule has 3 N–H and O–H groups in total. The number of hydrogen-bond acceptors (Lipinski definition) is 5. The molecule has 7 nitrogen and oxygen atoms in total. The van der Waals surface area contributed by atoms with Crippen LogP contribution in [0.15, 0.2) is 29.2 Å². The standard InChI is InChI=1S/C24H26F2N2O5/c1-22(2)7-4-8-23(3)20(31)17-19(30)18(29)15(11-28(17)12-24(22,23)33)21(32)27-10-13-5-6-14(25)9-16(13)26/h5-6,9,11,30,33H,4,7-8,10,12H2,1-3H3,(H,27,32)/t23-,24+/m0/s1. The molecule has 1 amide bonds. The van der Waals surface area contributed by atoms with Gasteiger partial charge in [-0.15, -0.1) is 0 Å². The fraction of sp³-hybridized carbons (Fsp3) is 0.458. The summed E-state index contributed by atoms with van der Waals surface area (Å²) in [6.07, 6.45) is 2.95. The third-order valence-corrected chi connectivity index (χ3v) is 7.58. The van der Waals surface area contributed by atoms with Crippen molar-refractivity contribution in [3.63, 3.8) is 0 Å². The Hall–Kier alpha value is -3.07. The average Bonchev–Trinajstić information content (AvgIpc) is 2.73. The Morgan fingerprint density at radius 1 is 1.18 bits per heavy atom. The third kappa shape index (κ3) is 3.28. The fourth-order valence-electron chi connectivity index (χ4n) is 5.35. The number of aromatic nitrogens is 1. The number of nitrogens with zero attached hydrogens (tertiary/aromatic N) is 1. The van der Waals surface area contributed by atoms with Gasteiger partial charge in [0, 0.05) is 24.4 Å². The van der Waals surface area contributed by atoms with Crippen LogP contribution in [0.25, 0.3) is 0 Å². The lowest BCUT2D eigenvalue weighted by molar-refractivity contribution is -0.179. The minimum atomic E-state index is -1.46. The highest BCUT2D eigenvalue weighted by Crippen LogP contribution is 2.58. The number of amides is 1. The van der Waals surface area contributed by atoms with E-state index in [0.29, 0.717) is 25.3 Å². The Morgan fingerprint density at radius 3 is 2.55 bits per heavy atom. The molecule has 4 rings (SSSR count). The number of benzene rings is 1. The van der Waals surface area contributed by atoms with E-state index in [9.17, 15) is 33.4 Å². The molecular weight excluding hydrogens is 434 g/mol. The molecule has 1 aromatic carbocycles. The molecule has 0 spiro atoms. The van der Waals surface area contributed by atoms with Gasteiger partial charge in [-0.25, -0.2) is 8.78 Å². The molecule has 2 aliphatic rings. The van der Waals surface area contributed by atoms with E-state index < -0.39 is 56.5 Å². The van der Waals surface area contributed by atoms with Crippen LogP contribution in [0, 0.1) is 22.5 Å². The second-order valence-corrected chi connectivity index (χ2v) is 9.87. The van der Waals surface area contributed by atoms with Gasteiger partial charge >= 0.3 is 0 Å². The number of aliphatic hydroxyl groups is 1. The van der Waals surface area contributed by atoms with Gasteiger partial charge in [-0.2, -0.15) is 0 Å². The van der Waals surface area contributed by atoms with Crippen LogP contribution in [-0.2, 0) is 13.1 Å². The number of aromatic hydroxyl groups is 1. The van der Waals surface area contributed by atoms with Crippen molar-refractivity contribution in [3.8, 4) is 5.75 Å². The molecule has 2 aromatic rings. The van der Waals surface area contributed by atoms with Crippen LogP contribution in [0.4, 0.5) is 8.78 Å². The van der Waals surface area contributed by atoms with Crippen molar-refractivity contribution in [2.75, 3.05) is 0 Å². The Balaban J connectivity index is 1.72. The van der Waals surface area contributed by atoms with Gasteiger partial charge in [0.15, 0.2) is 11.5 Å². The molecule has 1 aromatic heterocycles. The number of rotatable bonds is 3. The molecule has 33 heavy (non-hydrogen) atoms. The van der Waals surface area contributed by atoms with E-state index in [0.717, 1.165) is 12.3 Å². The summed E-state index contributed by atoms with van der Waals surface area (Å²) in [4.78, 5) is 38.9. The number of halogens is 2. The van der Waals surface area contributed by atoms with Gasteiger partial charge in [-0.05, 0) is 31.2 Å². The van der Waals surface area contributed by atoms with Crippen LogP contribution >= 0.6 is 0 Å². The van der Waals surface area contributed by atoms with Gasteiger partial charge in [0.2, 0.25) is 5.43 Å². The maximum absolute atomic E-state index is 13.9. The topological polar surface area (TPSA) is 109 Å². The van der Waals surface area contributed by atoms with Gasteiger partial charge in [0.1, 0.15) is 28.5 Å². The molecule has 1 aliphatic heterocycles. The lowest BCUT2D eigenvalue weighted by Gasteiger charge is -2.59. The lowest BCUT2D eigenvalue weighted by Crippen LogP contribution is -2.67. The number of fused-ring (bicyclic) bond motifs is 2. The predicted octanol–water partition coefficient (Wildman–Crippen LogP) is 2.91. The first kappa shape index (κ1) is 23.1. The smallest absolute Gasteiger partial charge is 0.257 e. The molecule has 0 unspecified atom stereocenters. The summed E-state index contributed by atoms with van der Waals surface area (Å²) in [5.74, 6) is -3.91. The second kappa shape index (κ2) is 7.48. The summed E-state index contributed by atoms with van der Waals surface area (Å²) in [7, 11) is 0. The molecule has 1 saturated carbocycles. The zero-order chi connectivity index (χ0) is 24.3. The van der Waals surface area contributed by atoms with Crippen LogP contribution in [0.1, 0.15) is 66.4 Å². The highest BCUT2D eigenvalue weighted by molar-refractivity contribution is 6.04. The van der Waals surface area contributed by atoms with E-state index >= 15 is 0 Å². The van der Waals surface area contributed by atoms with E-state index in [2.05, 4.69) is 5.32 Å². The molecule has 9 heteroatoms. The zero-order valence-corrected chi connectivity index (χ0v) is 18.7. The molecule has 0 bridgehead atoms. The van der Waals surface area contributed by atoms with E-state index in [1.165, 1.54) is 10.6 Å². The number of nitrogens with one attached hydrogen (secondary N) is 1. The molecular formula is C24H26F2N2O5. The maximum Gasteiger partial charge on any atom is 0.257 e. The summed E-state index contributed by atoms with van der Waals surface area (Å²) in [5.41, 5.74) is -4.99. The van der Waals surface area contributed by atoms with Gasteiger partial charge in [-0.1, -0.05) is 26.3 Å². The molecule has 2 heterocycles. The minimum Gasteiger partial charge on any atom is -0.503 e. The monoisotopic (exact) mass is 460 g/mol. The first-order valence-electron chi connectivity index (χ1n) is 10.8. The van der Waals surface area contributed by atoms with Gasteiger partial charge < -0.3 is 20.1 Å². The number of carbonyl (C=O) groups is 2. The highest BCUT2D eigenvalue weighted by Gasteiger charge is 2.64. The molecule has 1 fully saturated rings. The van der Waals surface area contributed by atoms with Crippen molar-refractivity contribution in [2.45, 2.75) is 58.7 Å². The normalized spacial score (nSPS) is 25.8. The van der Waals surface area contributed by atoms with E-state index in [-0.39, 0.29) is 24.3 Å². The maximum atomic E-state index is 13.9. The average molecular weight is 460 g/mol. The fourth-order valence-corrected chi connectivity index (χ4v) is 5.35. The van der Waals surface area contributed by atoms with E-state index in [1.54, 1.807) is 6.92 Å². The van der Waals surface area contributed by atoms with Gasteiger partial charge in [0.05, 0.1) is 12.0 Å². The summed E-state index contributed by atoms with van der Waals surface area (Å²) < 4.78 is 28.2. The second-order valence-electron chi connectivity index (χ2n) is 9.87. The largest absolute Gasteiger partial charge is 0.503 e. The molecule has 0 saturated heterocycles. The highest BCUT2D eigenvalue weighted by atomic mass is 19.1. The summed E-state index contributed by atoms with van der Waals surface area (Å²) in [5, 5.41) is 24.7. The van der Waals surface area contributed by atoms with Gasteiger partial charge in [0.25, 0.3) is 5.91 Å². The Morgan fingerprint density at radius 2 is 1.88 bits per heavy atom. The number of Topliss-reactive ketones (excluding diaryl/α,β-unsaturated/α-hetero) is 1. The van der Waals surface area contributed by atoms with Crippen molar-refractivity contribution < 1.29 is 28.6 Å². The Kier molecular flexibility index (Phi) is 5.24. The van der Waals surface area contributed by atoms with Crippen LogP contribution in [0.2, 0.25) is 0 Å². The quantitative estimate of drug-likeness (QED) is 0.653. The first-order valence-corrected chi connectivity index (χ1v) is 10.8. The van der Waals surface area contributed by atoms with Crippen molar-refractivity contribution in [3.05, 3.63) is 63.1 Å². The van der Waals surface area contributed by atoms with E-state index in [4.69, 9.17) is 0 Å². The number of ketones is 1. The van der Waals surface area contributed by atoms with Crippen LogP contribution in [0.3, 0.4) is 0 Å². The van der Waals surface area contributed by atoms with Gasteiger partial charge in [-0.3, -0.25) is 14.4 Å². The predicted molar refractivity (Wildman–Crippen MR) is 115 cm³/mol.